The lowest BCUT2D eigenvalue weighted by atomic mass is 9.85. The highest BCUT2D eigenvalue weighted by Gasteiger charge is 2.37. The fraction of sp³-hybridized carbons (Fsp3) is 0.261. The molecule has 1 aliphatic heterocycles. The van der Waals surface area contributed by atoms with Crippen LogP contribution in [0.4, 0.5) is 5.82 Å². The molecule has 1 amide bonds. The normalized spacial score (nSPS) is 15.3. The average molecular weight is 405 g/mol. The summed E-state index contributed by atoms with van der Waals surface area (Å²) in [7, 11) is 3.05. The van der Waals surface area contributed by atoms with Crippen molar-refractivity contribution in [3.63, 3.8) is 0 Å². The number of amides is 1. The number of hydrogen-bond acceptors (Lipinski definition) is 5. The molecule has 3 aromatic rings. The largest absolute Gasteiger partial charge is 0.497 e. The number of aryl methyl sites for hydroxylation is 2. The predicted octanol–water partition coefficient (Wildman–Crippen LogP) is 3.82. The minimum atomic E-state index is -0.659. The third kappa shape index (κ3) is 3.32. The lowest BCUT2D eigenvalue weighted by Crippen LogP contribution is -2.28. The minimum Gasteiger partial charge on any atom is -0.497 e. The Labute approximate surface area is 174 Å². The Hall–Kier alpha value is -3.61. The van der Waals surface area contributed by atoms with Crippen LogP contribution in [-0.2, 0) is 4.79 Å². The first-order valence-corrected chi connectivity index (χ1v) is 9.65. The van der Waals surface area contributed by atoms with Gasteiger partial charge in [-0.3, -0.25) is 9.59 Å². The van der Waals surface area contributed by atoms with Crippen LogP contribution in [0.1, 0.15) is 39.5 Å². The third-order valence-electron chi connectivity index (χ3n) is 5.34. The zero-order valence-electron chi connectivity index (χ0n) is 17.4. The highest BCUT2D eigenvalue weighted by Crippen LogP contribution is 2.40. The fourth-order valence-electron chi connectivity index (χ4n) is 3.91. The van der Waals surface area contributed by atoms with Crippen molar-refractivity contribution in [2.45, 2.75) is 26.2 Å². The van der Waals surface area contributed by atoms with Crippen LogP contribution in [0.2, 0.25) is 0 Å². The van der Waals surface area contributed by atoms with Gasteiger partial charge in [0.25, 0.3) is 0 Å². The summed E-state index contributed by atoms with van der Waals surface area (Å²) < 4.78 is 12.4. The van der Waals surface area contributed by atoms with Gasteiger partial charge in [0, 0.05) is 12.0 Å². The first kappa shape index (κ1) is 19.7. The average Bonchev–Trinajstić information content (AvgIpc) is 3.08. The number of aromatic nitrogens is 2. The molecule has 1 unspecified atom stereocenters. The topological polar surface area (TPSA) is 82.4 Å². The number of nitrogens with one attached hydrogen (secondary N) is 1. The number of carbonyl (C=O) groups excluding carboxylic acids is 2. The van der Waals surface area contributed by atoms with E-state index in [0.29, 0.717) is 28.6 Å². The van der Waals surface area contributed by atoms with Gasteiger partial charge < -0.3 is 14.8 Å². The van der Waals surface area contributed by atoms with Crippen molar-refractivity contribution < 1.29 is 19.1 Å². The smallest absolute Gasteiger partial charge is 0.226 e. The molecule has 154 valence electrons. The number of methoxy groups -OCH3 is 2. The number of Topliss-reactive ketones (excluding diaryl/α,β-unsaturated/α-hetero) is 1. The Morgan fingerprint density at radius 1 is 1.13 bits per heavy atom. The Bertz CT molecular complexity index is 1150. The number of fused-ring (bicyclic) bond motifs is 1. The number of rotatable bonds is 5. The number of hydrogen-bond donors (Lipinski definition) is 1. The quantitative estimate of drug-likeness (QED) is 0.653. The molecule has 7 nitrogen and oxygen atoms in total. The van der Waals surface area contributed by atoms with E-state index in [-0.39, 0.29) is 18.1 Å². The number of nitrogens with zero attached hydrogens (tertiary/aromatic N) is 2. The van der Waals surface area contributed by atoms with E-state index in [4.69, 9.17) is 9.47 Å². The first-order chi connectivity index (χ1) is 14.4. The lowest BCUT2D eigenvalue weighted by Gasteiger charge is -2.24. The summed E-state index contributed by atoms with van der Waals surface area (Å²) in [6, 6.07) is 12.9. The van der Waals surface area contributed by atoms with E-state index in [1.54, 1.807) is 22.9 Å². The van der Waals surface area contributed by atoms with Gasteiger partial charge in [0.05, 0.1) is 37.1 Å². The maximum atomic E-state index is 13.6. The Morgan fingerprint density at radius 2 is 1.93 bits per heavy atom. The summed E-state index contributed by atoms with van der Waals surface area (Å²) in [5.74, 6) is 0.442. The minimum absolute atomic E-state index is 0.0482. The molecule has 0 saturated heterocycles. The molecule has 0 spiro atoms. The highest BCUT2D eigenvalue weighted by atomic mass is 16.5. The van der Waals surface area contributed by atoms with E-state index in [0.717, 1.165) is 16.8 Å². The summed E-state index contributed by atoms with van der Waals surface area (Å²) in [6.07, 6.45) is 0.0482. The van der Waals surface area contributed by atoms with E-state index in [2.05, 4.69) is 10.4 Å². The van der Waals surface area contributed by atoms with Crippen molar-refractivity contribution in [2.75, 3.05) is 19.5 Å². The van der Waals surface area contributed by atoms with Crippen molar-refractivity contribution in [1.29, 1.82) is 0 Å². The van der Waals surface area contributed by atoms with Crippen molar-refractivity contribution in [2.24, 2.45) is 0 Å². The van der Waals surface area contributed by atoms with Gasteiger partial charge in [-0.2, -0.15) is 5.10 Å². The molecule has 2 heterocycles. The van der Waals surface area contributed by atoms with Crippen LogP contribution < -0.4 is 14.8 Å². The Morgan fingerprint density at radius 3 is 2.63 bits per heavy atom. The standard InChI is InChI=1S/C23H23N3O4/c1-13-6-5-7-15(10-13)26-23-21(14(2)25-26)18(12-20(27)24-23)22(28)17-11-16(29-3)8-9-19(17)30-4/h5-11,18H,12H2,1-4H3,(H,24,27). The molecule has 30 heavy (non-hydrogen) atoms. The number of ether oxygens (including phenoxy) is 2. The molecule has 1 atom stereocenters. The van der Waals surface area contributed by atoms with Gasteiger partial charge in [-0.05, 0) is 49.7 Å². The maximum absolute atomic E-state index is 13.6. The van der Waals surface area contributed by atoms with Gasteiger partial charge in [0.15, 0.2) is 5.78 Å². The second-order valence-electron chi connectivity index (χ2n) is 7.33. The summed E-state index contributed by atoms with van der Waals surface area (Å²) >= 11 is 0. The first-order valence-electron chi connectivity index (χ1n) is 9.65. The number of benzene rings is 2. The van der Waals surface area contributed by atoms with Gasteiger partial charge in [0.2, 0.25) is 5.91 Å². The van der Waals surface area contributed by atoms with E-state index >= 15 is 0 Å². The zero-order valence-corrected chi connectivity index (χ0v) is 17.4. The van der Waals surface area contributed by atoms with Crippen LogP contribution in [0.15, 0.2) is 42.5 Å². The molecule has 1 aromatic heterocycles. The number of anilines is 1. The second-order valence-corrected chi connectivity index (χ2v) is 7.33. The SMILES string of the molecule is COc1ccc(OC)c(C(=O)C2CC(=O)Nc3c2c(C)nn3-c2cccc(C)c2)c1. The molecule has 0 radical (unpaired) electrons. The van der Waals surface area contributed by atoms with Gasteiger partial charge in [0.1, 0.15) is 17.3 Å². The van der Waals surface area contributed by atoms with Crippen molar-refractivity contribution in [1.82, 2.24) is 9.78 Å². The van der Waals surface area contributed by atoms with Crippen LogP contribution in [0.25, 0.3) is 5.69 Å². The summed E-state index contributed by atoms with van der Waals surface area (Å²) in [6.45, 7) is 3.85. The molecule has 0 saturated carbocycles. The van der Waals surface area contributed by atoms with Gasteiger partial charge in [-0.1, -0.05) is 12.1 Å². The highest BCUT2D eigenvalue weighted by molar-refractivity contribution is 6.09. The fourth-order valence-corrected chi connectivity index (χ4v) is 3.91. The predicted molar refractivity (Wildman–Crippen MR) is 113 cm³/mol. The number of carbonyl (C=O) groups is 2. The molecule has 1 N–H and O–H groups in total. The maximum Gasteiger partial charge on any atom is 0.226 e. The van der Waals surface area contributed by atoms with Crippen LogP contribution >= 0.6 is 0 Å². The summed E-state index contributed by atoms with van der Waals surface area (Å²) in [5.41, 5.74) is 3.71. The van der Waals surface area contributed by atoms with Crippen molar-refractivity contribution >= 4 is 17.5 Å². The third-order valence-corrected chi connectivity index (χ3v) is 5.34. The molecule has 0 bridgehead atoms. The lowest BCUT2D eigenvalue weighted by molar-refractivity contribution is -0.116. The van der Waals surface area contributed by atoms with E-state index < -0.39 is 5.92 Å². The van der Waals surface area contributed by atoms with Crippen molar-refractivity contribution in [3.05, 3.63) is 64.8 Å². The van der Waals surface area contributed by atoms with Crippen LogP contribution in [0, 0.1) is 13.8 Å². The monoisotopic (exact) mass is 405 g/mol. The van der Waals surface area contributed by atoms with E-state index in [1.165, 1.54) is 14.2 Å². The van der Waals surface area contributed by atoms with Gasteiger partial charge >= 0.3 is 0 Å². The van der Waals surface area contributed by atoms with E-state index in [9.17, 15) is 9.59 Å². The van der Waals surface area contributed by atoms with Crippen LogP contribution in [0.5, 0.6) is 11.5 Å². The van der Waals surface area contributed by atoms with Crippen LogP contribution in [-0.4, -0.2) is 35.7 Å². The molecule has 2 aromatic carbocycles. The summed E-state index contributed by atoms with van der Waals surface area (Å²) in [5, 5.41) is 7.54. The summed E-state index contributed by atoms with van der Waals surface area (Å²) in [4.78, 5) is 26.1. The molecule has 0 aliphatic carbocycles. The Kier molecular flexibility index (Phi) is 5.03. The van der Waals surface area contributed by atoms with E-state index in [1.807, 2.05) is 38.1 Å². The molecular weight excluding hydrogens is 382 g/mol. The zero-order chi connectivity index (χ0) is 21.4. The van der Waals surface area contributed by atoms with Gasteiger partial charge in [-0.25, -0.2) is 4.68 Å². The molecule has 1 aliphatic rings. The molecule has 7 heteroatoms. The second kappa shape index (κ2) is 7.67. The molecule has 4 rings (SSSR count). The van der Waals surface area contributed by atoms with Gasteiger partial charge in [-0.15, -0.1) is 0 Å². The van der Waals surface area contributed by atoms with Crippen LogP contribution in [0.3, 0.4) is 0 Å². The molecular formula is C23H23N3O4. The molecule has 0 fully saturated rings. The Balaban J connectivity index is 1.84. The van der Waals surface area contributed by atoms with Crippen molar-refractivity contribution in [3.8, 4) is 17.2 Å². The number of ketones is 1.